The molecule has 2 aromatic heterocycles. The molecule has 5 heteroatoms. The maximum Gasteiger partial charge on any atom is 0.252 e. The second kappa shape index (κ2) is 6.39. The van der Waals surface area contributed by atoms with Crippen molar-refractivity contribution in [2.45, 2.75) is 44.1 Å². The number of nitrogens with zero attached hydrogens (tertiary/aromatic N) is 3. The molecule has 5 nitrogen and oxygen atoms in total. The van der Waals surface area contributed by atoms with Crippen LogP contribution < -0.4 is 5.32 Å². The van der Waals surface area contributed by atoms with E-state index in [1.807, 2.05) is 25.5 Å². The quantitative estimate of drug-likeness (QED) is 0.685. The van der Waals surface area contributed by atoms with Crippen molar-refractivity contribution in [3.63, 3.8) is 0 Å². The first-order chi connectivity index (χ1) is 14.6. The number of carbonyl (C=O) groups is 1. The van der Waals surface area contributed by atoms with E-state index in [9.17, 15) is 4.79 Å². The Morgan fingerprint density at radius 2 is 1.90 bits per heavy atom. The van der Waals surface area contributed by atoms with Crippen molar-refractivity contribution in [2.75, 3.05) is 0 Å². The van der Waals surface area contributed by atoms with Gasteiger partial charge in [0.1, 0.15) is 0 Å². The molecule has 30 heavy (non-hydrogen) atoms. The van der Waals surface area contributed by atoms with Gasteiger partial charge in [-0.1, -0.05) is 37.5 Å². The second-order valence-corrected chi connectivity index (χ2v) is 8.77. The van der Waals surface area contributed by atoms with Crippen LogP contribution in [0.1, 0.15) is 66.3 Å². The lowest BCUT2D eigenvalue weighted by atomic mass is 9.76. The molecular weight excluding hydrogens is 372 g/mol. The highest BCUT2D eigenvalue weighted by Crippen LogP contribution is 2.44. The average Bonchev–Trinajstić information content (AvgIpc) is 3.45. The number of hydrogen-bond donors (Lipinski definition) is 1. The van der Waals surface area contributed by atoms with Crippen molar-refractivity contribution < 1.29 is 6.22 Å². The fraction of sp³-hybridized carbons (Fsp3) is 0.320. The van der Waals surface area contributed by atoms with E-state index in [-0.39, 0.29) is 12.9 Å². The third-order valence-electron chi connectivity index (χ3n) is 6.92. The van der Waals surface area contributed by atoms with Crippen molar-refractivity contribution in [1.82, 2.24) is 20.1 Å². The van der Waals surface area contributed by atoms with Crippen LogP contribution in [0.5, 0.6) is 0 Å². The lowest BCUT2D eigenvalue weighted by Crippen LogP contribution is -2.40. The highest BCUT2D eigenvalue weighted by molar-refractivity contribution is 6.01. The number of benzene rings is 1. The Morgan fingerprint density at radius 3 is 2.70 bits per heavy atom. The summed E-state index contributed by atoms with van der Waals surface area (Å²) in [5.41, 5.74) is 8.59. The number of rotatable bonds is 2. The van der Waals surface area contributed by atoms with Crippen LogP contribution in [-0.2, 0) is 19.0 Å². The first-order valence-corrected chi connectivity index (χ1v) is 10.8. The van der Waals surface area contributed by atoms with Gasteiger partial charge in [-0.25, -0.2) is 0 Å². The molecule has 3 aromatic rings. The summed E-state index contributed by atoms with van der Waals surface area (Å²) in [6, 6.07) is 10.6. The normalized spacial score (nSPS) is 18.8. The van der Waals surface area contributed by atoms with Gasteiger partial charge in [-0.15, -0.1) is 0 Å². The van der Waals surface area contributed by atoms with Crippen LogP contribution in [0.4, 0.5) is 0 Å². The fourth-order valence-electron chi connectivity index (χ4n) is 5.41. The van der Waals surface area contributed by atoms with Gasteiger partial charge in [-0.2, -0.15) is 5.10 Å². The number of aromatic nitrogens is 3. The van der Waals surface area contributed by atoms with Crippen molar-refractivity contribution in [3.05, 3.63) is 76.7 Å². The molecule has 152 valence electrons. The lowest BCUT2D eigenvalue weighted by molar-refractivity contribution is 0.0909. The van der Waals surface area contributed by atoms with E-state index in [0.717, 1.165) is 41.8 Å². The smallest absolute Gasteiger partial charge is 0.252 e. The van der Waals surface area contributed by atoms with Crippen LogP contribution in [0.3, 0.4) is 0 Å². The zero-order chi connectivity index (χ0) is 20.3. The van der Waals surface area contributed by atoms with E-state index in [1.54, 1.807) is 4.68 Å². The minimum absolute atomic E-state index is 0. The summed E-state index contributed by atoms with van der Waals surface area (Å²) >= 11 is 0. The maximum atomic E-state index is 12.6. The molecule has 0 radical (unpaired) electrons. The Balaban J connectivity index is 0.00000204. The lowest BCUT2D eigenvalue weighted by Gasteiger charge is -2.34. The number of allylic oxidation sites excluding steroid dienone is 1. The Morgan fingerprint density at radius 1 is 1.07 bits per heavy atom. The van der Waals surface area contributed by atoms with Crippen LogP contribution in [0.25, 0.3) is 16.8 Å². The monoisotopic (exact) mass is 398 g/mol. The molecule has 0 saturated heterocycles. The molecule has 1 aromatic carbocycles. The molecule has 0 unspecified atom stereocenters. The molecule has 1 saturated carbocycles. The van der Waals surface area contributed by atoms with Gasteiger partial charge in [0.15, 0.2) is 0 Å². The summed E-state index contributed by atoms with van der Waals surface area (Å²) in [5.74, 6) is 0.0852. The molecule has 1 N–H and O–H groups in total. The van der Waals surface area contributed by atoms with Crippen molar-refractivity contribution >= 4 is 11.5 Å². The van der Waals surface area contributed by atoms with E-state index in [4.69, 9.17) is 4.98 Å². The number of pyridine rings is 1. The summed E-state index contributed by atoms with van der Waals surface area (Å²) in [7, 11) is 1.92. The summed E-state index contributed by atoms with van der Waals surface area (Å²) < 4.78 is 1.80. The third-order valence-corrected chi connectivity index (χ3v) is 6.92. The summed E-state index contributed by atoms with van der Waals surface area (Å²) in [6.07, 6.45) is 12.6. The molecule has 1 fully saturated rings. The maximum absolute atomic E-state index is 12.6. The molecule has 3 heterocycles. The molecule has 6 rings (SSSR count). The molecule has 1 aliphatic heterocycles. The molecule has 3 aliphatic rings. The minimum atomic E-state index is -0.162. The van der Waals surface area contributed by atoms with Gasteiger partial charge in [-0.3, -0.25) is 14.5 Å². The van der Waals surface area contributed by atoms with Crippen LogP contribution in [0.2, 0.25) is 0 Å². The number of aryl methyl sites for hydroxylation is 1. The van der Waals surface area contributed by atoms with E-state index < -0.39 is 0 Å². The standard InChI is InChI=1S/C25H24N4O.H2/c1-29-15-17(14-26-29)22-9-8-19-18(7-10-23(19)27-22)16-5-6-20-21(13-16)25(28-24(20)30)11-3-2-4-12-25;/h5-9,13-15H,2-4,10-12H2,1H3,(H,28,30);1H. The Hall–Kier alpha value is -3.21. The number of nitrogens with one attached hydrogen (secondary N) is 1. The van der Waals surface area contributed by atoms with E-state index in [1.165, 1.54) is 41.5 Å². The van der Waals surface area contributed by atoms with Crippen LogP contribution in [0.15, 0.2) is 48.8 Å². The van der Waals surface area contributed by atoms with Gasteiger partial charge in [0.2, 0.25) is 0 Å². The number of fused-ring (bicyclic) bond motifs is 3. The van der Waals surface area contributed by atoms with E-state index in [0.29, 0.717) is 0 Å². The molecule has 0 bridgehead atoms. The number of hydrogen-bond acceptors (Lipinski definition) is 3. The number of carbonyl (C=O) groups excluding carboxylic acids is 1. The van der Waals surface area contributed by atoms with Gasteiger partial charge in [-0.05, 0) is 47.7 Å². The Kier molecular flexibility index (Phi) is 3.76. The molecule has 1 spiro atoms. The first kappa shape index (κ1) is 17.6. The fourth-order valence-corrected chi connectivity index (χ4v) is 5.41. The zero-order valence-electron chi connectivity index (χ0n) is 17.1. The largest absolute Gasteiger partial charge is 0.342 e. The molecule has 0 atom stereocenters. The zero-order valence-corrected chi connectivity index (χ0v) is 17.1. The summed E-state index contributed by atoms with van der Waals surface area (Å²) in [4.78, 5) is 17.5. The van der Waals surface area contributed by atoms with Gasteiger partial charge in [0.05, 0.1) is 23.1 Å². The predicted molar refractivity (Wildman–Crippen MR) is 118 cm³/mol. The van der Waals surface area contributed by atoms with E-state index in [2.05, 4.69) is 40.8 Å². The van der Waals surface area contributed by atoms with E-state index >= 15 is 0 Å². The summed E-state index contributed by atoms with van der Waals surface area (Å²) in [5, 5.41) is 7.58. The number of amides is 1. The van der Waals surface area contributed by atoms with Gasteiger partial charge in [0, 0.05) is 37.8 Å². The van der Waals surface area contributed by atoms with Crippen LogP contribution in [-0.4, -0.2) is 20.7 Å². The first-order valence-electron chi connectivity index (χ1n) is 10.8. The van der Waals surface area contributed by atoms with Crippen molar-refractivity contribution in [3.8, 4) is 11.3 Å². The molecule has 2 aliphatic carbocycles. The van der Waals surface area contributed by atoms with Crippen LogP contribution >= 0.6 is 0 Å². The van der Waals surface area contributed by atoms with Crippen LogP contribution in [0, 0.1) is 0 Å². The average molecular weight is 399 g/mol. The second-order valence-electron chi connectivity index (χ2n) is 8.77. The van der Waals surface area contributed by atoms with Gasteiger partial charge >= 0.3 is 0 Å². The highest BCUT2D eigenvalue weighted by Gasteiger charge is 2.43. The van der Waals surface area contributed by atoms with Crippen molar-refractivity contribution in [1.29, 1.82) is 0 Å². The predicted octanol–water partition coefficient (Wildman–Crippen LogP) is 4.62. The van der Waals surface area contributed by atoms with Gasteiger partial charge < -0.3 is 5.32 Å². The minimum Gasteiger partial charge on any atom is -0.342 e. The third kappa shape index (κ3) is 2.58. The Bertz CT molecular complexity index is 1220. The molecular formula is C25H26N4O. The Labute approximate surface area is 177 Å². The molecule has 1 amide bonds. The van der Waals surface area contributed by atoms with Gasteiger partial charge in [0.25, 0.3) is 5.91 Å². The SMILES string of the molecule is Cn1cc(-c2ccc3c(n2)CC=C3c2ccc3c(c2)C2(CCCCC2)NC3=O)cn1.[HH]. The summed E-state index contributed by atoms with van der Waals surface area (Å²) in [6.45, 7) is 0. The van der Waals surface area contributed by atoms with Crippen molar-refractivity contribution in [2.24, 2.45) is 7.05 Å². The topological polar surface area (TPSA) is 59.8 Å². The highest BCUT2D eigenvalue weighted by atomic mass is 16.2.